The third-order valence-corrected chi connectivity index (χ3v) is 3.55. The zero-order chi connectivity index (χ0) is 12.5. The molecule has 0 atom stereocenters. The number of aryl methyl sites for hydroxylation is 1. The standard InChI is InChI=1S/C15H19N3/c1-2-8-18-10-17-14(15(18)16)13-5-3-4-12(9-13)11-6-7-11/h3-5,9-11H,2,6-8,16H2,1H3. The summed E-state index contributed by atoms with van der Waals surface area (Å²) in [5.74, 6) is 1.55. The van der Waals surface area contributed by atoms with Crippen LogP contribution >= 0.6 is 0 Å². The maximum atomic E-state index is 6.16. The van der Waals surface area contributed by atoms with E-state index in [1.165, 1.54) is 18.4 Å². The van der Waals surface area contributed by atoms with Crippen molar-refractivity contribution in [1.29, 1.82) is 0 Å². The second kappa shape index (κ2) is 4.48. The van der Waals surface area contributed by atoms with Gasteiger partial charge in [0.15, 0.2) is 0 Å². The lowest BCUT2D eigenvalue weighted by molar-refractivity contribution is 0.686. The zero-order valence-electron chi connectivity index (χ0n) is 10.8. The summed E-state index contributed by atoms with van der Waals surface area (Å²) in [5, 5.41) is 0. The molecule has 0 saturated heterocycles. The van der Waals surface area contributed by atoms with E-state index in [9.17, 15) is 0 Å². The minimum absolute atomic E-state index is 0.768. The van der Waals surface area contributed by atoms with Gasteiger partial charge in [-0.15, -0.1) is 0 Å². The minimum atomic E-state index is 0.768. The Balaban J connectivity index is 1.96. The van der Waals surface area contributed by atoms with Crippen LogP contribution in [-0.4, -0.2) is 9.55 Å². The van der Waals surface area contributed by atoms with Crippen LogP contribution < -0.4 is 5.73 Å². The fraction of sp³-hybridized carbons (Fsp3) is 0.400. The van der Waals surface area contributed by atoms with E-state index in [0.717, 1.165) is 36.0 Å². The van der Waals surface area contributed by atoms with Crippen molar-refractivity contribution in [2.45, 2.75) is 38.6 Å². The van der Waals surface area contributed by atoms with E-state index < -0.39 is 0 Å². The molecule has 1 aliphatic rings. The Bertz CT molecular complexity index is 553. The van der Waals surface area contributed by atoms with Gasteiger partial charge < -0.3 is 10.3 Å². The molecule has 94 valence electrons. The molecule has 1 aromatic heterocycles. The van der Waals surface area contributed by atoms with Gasteiger partial charge in [0, 0.05) is 12.1 Å². The number of nitrogens with two attached hydrogens (primary N) is 1. The number of anilines is 1. The molecule has 0 radical (unpaired) electrons. The Labute approximate surface area is 108 Å². The Morgan fingerprint density at radius 2 is 2.22 bits per heavy atom. The molecular formula is C15H19N3. The number of benzene rings is 1. The van der Waals surface area contributed by atoms with E-state index in [-0.39, 0.29) is 0 Å². The molecule has 1 aromatic carbocycles. The van der Waals surface area contributed by atoms with Gasteiger partial charge in [-0.2, -0.15) is 0 Å². The van der Waals surface area contributed by atoms with Crippen LogP contribution in [0.5, 0.6) is 0 Å². The maximum absolute atomic E-state index is 6.16. The Kier molecular flexibility index (Phi) is 2.82. The van der Waals surface area contributed by atoms with Gasteiger partial charge >= 0.3 is 0 Å². The molecule has 0 amide bonds. The normalized spacial score (nSPS) is 14.9. The molecule has 2 N–H and O–H groups in total. The highest BCUT2D eigenvalue weighted by Crippen LogP contribution is 2.41. The minimum Gasteiger partial charge on any atom is -0.383 e. The average molecular weight is 241 g/mol. The summed E-state index contributed by atoms with van der Waals surface area (Å²) in [6, 6.07) is 8.66. The van der Waals surface area contributed by atoms with Crippen LogP contribution in [0, 0.1) is 0 Å². The van der Waals surface area contributed by atoms with Gasteiger partial charge in [-0.25, -0.2) is 4.98 Å². The molecule has 1 fully saturated rings. The SMILES string of the molecule is CCCn1cnc(-c2cccc(C3CC3)c2)c1N. The molecule has 1 saturated carbocycles. The highest BCUT2D eigenvalue weighted by Gasteiger charge is 2.23. The molecule has 3 rings (SSSR count). The zero-order valence-corrected chi connectivity index (χ0v) is 10.8. The summed E-state index contributed by atoms with van der Waals surface area (Å²) in [7, 11) is 0. The third kappa shape index (κ3) is 2.01. The predicted molar refractivity (Wildman–Crippen MR) is 74.3 cm³/mol. The number of nitrogens with zero attached hydrogens (tertiary/aromatic N) is 2. The van der Waals surface area contributed by atoms with Gasteiger partial charge in [0.2, 0.25) is 0 Å². The number of aromatic nitrogens is 2. The number of imidazole rings is 1. The second-order valence-corrected chi connectivity index (χ2v) is 5.07. The van der Waals surface area contributed by atoms with Crippen LogP contribution in [0.3, 0.4) is 0 Å². The molecule has 0 bridgehead atoms. The van der Waals surface area contributed by atoms with Gasteiger partial charge in [0.25, 0.3) is 0 Å². The van der Waals surface area contributed by atoms with Crippen molar-refractivity contribution < 1.29 is 0 Å². The van der Waals surface area contributed by atoms with E-state index in [0.29, 0.717) is 0 Å². The van der Waals surface area contributed by atoms with E-state index >= 15 is 0 Å². The lowest BCUT2D eigenvalue weighted by Gasteiger charge is -2.05. The third-order valence-electron chi connectivity index (χ3n) is 3.55. The summed E-state index contributed by atoms with van der Waals surface area (Å²) in [5.41, 5.74) is 9.66. The topological polar surface area (TPSA) is 43.8 Å². The fourth-order valence-corrected chi connectivity index (χ4v) is 2.39. The Hall–Kier alpha value is -1.77. The molecule has 1 aliphatic carbocycles. The number of nitrogen functional groups attached to an aromatic ring is 1. The van der Waals surface area contributed by atoms with Crippen LogP contribution in [0.2, 0.25) is 0 Å². The molecule has 2 aromatic rings. The van der Waals surface area contributed by atoms with E-state index in [1.807, 2.05) is 10.9 Å². The molecule has 1 heterocycles. The predicted octanol–water partition coefficient (Wildman–Crippen LogP) is 3.42. The van der Waals surface area contributed by atoms with E-state index in [4.69, 9.17) is 5.73 Å². The van der Waals surface area contributed by atoms with E-state index in [1.54, 1.807) is 0 Å². The molecule has 0 spiro atoms. The fourth-order valence-electron chi connectivity index (χ4n) is 2.39. The van der Waals surface area contributed by atoms with Gasteiger partial charge in [0.05, 0.1) is 6.33 Å². The highest BCUT2D eigenvalue weighted by atomic mass is 15.1. The van der Waals surface area contributed by atoms with Crippen molar-refractivity contribution >= 4 is 5.82 Å². The van der Waals surface area contributed by atoms with Crippen molar-refractivity contribution in [2.75, 3.05) is 5.73 Å². The van der Waals surface area contributed by atoms with Crippen LogP contribution in [0.15, 0.2) is 30.6 Å². The van der Waals surface area contributed by atoms with Gasteiger partial charge in [-0.05, 0) is 36.8 Å². The summed E-state index contributed by atoms with van der Waals surface area (Å²) in [6.07, 6.45) is 5.56. The first-order valence-corrected chi connectivity index (χ1v) is 6.70. The monoisotopic (exact) mass is 241 g/mol. The molecule has 18 heavy (non-hydrogen) atoms. The van der Waals surface area contributed by atoms with Crippen molar-refractivity contribution in [2.24, 2.45) is 0 Å². The summed E-state index contributed by atoms with van der Waals surface area (Å²) in [6.45, 7) is 3.08. The first-order chi connectivity index (χ1) is 8.79. The van der Waals surface area contributed by atoms with Crippen LogP contribution in [0.25, 0.3) is 11.3 Å². The smallest absolute Gasteiger partial charge is 0.131 e. The van der Waals surface area contributed by atoms with Gasteiger partial charge in [-0.3, -0.25) is 0 Å². The van der Waals surface area contributed by atoms with Crippen molar-refractivity contribution in [3.63, 3.8) is 0 Å². The van der Waals surface area contributed by atoms with Gasteiger partial charge in [0.1, 0.15) is 11.5 Å². The van der Waals surface area contributed by atoms with Crippen molar-refractivity contribution in [3.05, 3.63) is 36.2 Å². The number of rotatable bonds is 4. The van der Waals surface area contributed by atoms with E-state index in [2.05, 4.69) is 36.2 Å². The van der Waals surface area contributed by atoms with Crippen LogP contribution in [-0.2, 0) is 6.54 Å². The molecular weight excluding hydrogens is 222 g/mol. The number of hydrogen-bond acceptors (Lipinski definition) is 2. The molecule has 3 heteroatoms. The Morgan fingerprint density at radius 1 is 1.39 bits per heavy atom. The summed E-state index contributed by atoms with van der Waals surface area (Å²) >= 11 is 0. The lowest BCUT2D eigenvalue weighted by atomic mass is 10.1. The quantitative estimate of drug-likeness (QED) is 0.891. The van der Waals surface area contributed by atoms with Crippen LogP contribution in [0.1, 0.15) is 37.7 Å². The van der Waals surface area contributed by atoms with Crippen molar-refractivity contribution in [1.82, 2.24) is 9.55 Å². The average Bonchev–Trinajstić information content (AvgIpc) is 3.17. The van der Waals surface area contributed by atoms with Crippen LogP contribution in [0.4, 0.5) is 5.82 Å². The van der Waals surface area contributed by atoms with Crippen molar-refractivity contribution in [3.8, 4) is 11.3 Å². The molecule has 3 nitrogen and oxygen atoms in total. The first kappa shape index (κ1) is 11.3. The largest absolute Gasteiger partial charge is 0.383 e. The molecule has 0 unspecified atom stereocenters. The summed E-state index contributed by atoms with van der Waals surface area (Å²) < 4.78 is 2.03. The van der Waals surface area contributed by atoms with Gasteiger partial charge in [-0.1, -0.05) is 25.1 Å². The Morgan fingerprint density at radius 3 is 2.94 bits per heavy atom. The first-order valence-electron chi connectivity index (χ1n) is 6.70. The maximum Gasteiger partial charge on any atom is 0.131 e. The second-order valence-electron chi connectivity index (χ2n) is 5.07. The summed E-state index contributed by atoms with van der Waals surface area (Å²) in [4.78, 5) is 4.46. The highest BCUT2D eigenvalue weighted by molar-refractivity contribution is 5.71. The number of hydrogen-bond donors (Lipinski definition) is 1. The lowest BCUT2D eigenvalue weighted by Crippen LogP contribution is -2.01. The molecule has 0 aliphatic heterocycles.